The number of carbonyl (C=O) groups is 1. The second-order valence-electron chi connectivity index (χ2n) is 6.74. The summed E-state index contributed by atoms with van der Waals surface area (Å²) in [4.78, 5) is 14.7. The lowest BCUT2D eigenvalue weighted by molar-refractivity contribution is 0.0951. The summed E-state index contributed by atoms with van der Waals surface area (Å²) in [7, 11) is 0. The van der Waals surface area contributed by atoms with Crippen molar-refractivity contribution in [3.05, 3.63) is 95.1 Å². The molecule has 0 radical (unpaired) electrons. The fourth-order valence-corrected chi connectivity index (χ4v) is 3.12. The van der Waals surface area contributed by atoms with Crippen LogP contribution in [-0.4, -0.2) is 12.5 Å². The molecule has 3 nitrogen and oxygen atoms in total. The summed E-state index contributed by atoms with van der Waals surface area (Å²) in [5.41, 5.74) is 6.48. The van der Waals surface area contributed by atoms with Crippen molar-refractivity contribution < 1.29 is 4.79 Å². The SMILES string of the molecule is CCN(c1ccc(C)cc1)c1ccc(C(=O)NCc2ccccc2C)cc1. The average molecular weight is 358 g/mol. The highest BCUT2D eigenvalue weighted by molar-refractivity contribution is 5.94. The standard InChI is InChI=1S/C24H26N2O/c1-4-26(22-13-9-18(2)10-14-22)23-15-11-20(12-16-23)24(27)25-17-21-8-6-5-7-19(21)3/h5-16H,4,17H2,1-3H3,(H,25,27). The Labute approximate surface area is 161 Å². The molecule has 138 valence electrons. The Kier molecular flexibility index (Phi) is 5.92. The fraction of sp³-hybridized carbons (Fsp3) is 0.208. The number of carbonyl (C=O) groups excluding carboxylic acids is 1. The topological polar surface area (TPSA) is 32.3 Å². The molecule has 0 aliphatic rings. The molecule has 0 aliphatic heterocycles. The van der Waals surface area contributed by atoms with Crippen LogP contribution in [0.1, 0.15) is 34.0 Å². The molecule has 3 rings (SSSR count). The number of hydrogen-bond acceptors (Lipinski definition) is 2. The number of benzene rings is 3. The van der Waals surface area contributed by atoms with E-state index >= 15 is 0 Å². The van der Waals surface area contributed by atoms with Gasteiger partial charge in [-0.2, -0.15) is 0 Å². The first-order chi connectivity index (χ1) is 13.1. The van der Waals surface area contributed by atoms with Crippen LogP contribution in [0.5, 0.6) is 0 Å². The van der Waals surface area contributed by atoms with Crippen LogP contribution in [0.2, 0.25) is 0 Å². The van der Waals surface area contributed by atoms with Crippen LogP contribution in [0.4, 0.5) is 11.4 Å². The maximum absolute atomic E-state index is 12.5. The Bertz CT molecular complexity index is 898. The first kappa shape index (κ1) is 18.7. The van der Waals surface area contributed by atoms with Gasteiger partial charge in [0.25, 0.3) is 5.91 Å². The summed E-state index contributed by atoms with van der Waals surface area (Å²) >= 11 is 0. The van der Waals surface area contributed by atoms with Gasteiger partial charge in [0.05, 0.1) is 0 Å². The van der Waals surface area contributed by atoms with Gasteiger partial charge in [-0.05, 0) is 68.3 Å². The minimum absolute atomic E-state index is 0.0526. The summed E-state index contributed by atoms with van der Waals surface area (Å²) in [6.07, 6.45) is 0. The van der Waals surface area contributed by atoms with E-state index in [1.54, 1.807) is 0 Å². The number of aryl methyl sites for hydroxylation is 2. The summed E-state index contributed by atoms with van der Waals surface area (Å²) in [6, 6.07) is 24.4. The minimum Gasteiger partial charge on any atom is -0.348 e. The molecule has 1 amide bonds. The Morgan fingerprint density at radius 1 is 0.852 bits per heavy atom. The monoisotopic (exact) mass is 358 g/mol. The van der Waals surface area contributed by atoms with Gasteiger partial charge in [0.2, 0.25) is 0 Å². The zero-order chi connectivity index (χ0) is 19.2. The molecule has 3 heteroatoms. The van der Waals surface area contributed by atoms with Gasteiger partial charge < -0.3 is 10.2 Å². The van der Waals surface area contributed by atoms with Gasteiger partial charge in [0.1, 0.15) is 0 Å². The maximum atomic E-state index is 12.5. The summed E-state index contributed by atoms with van der Waals surface area (Å²) in [5, 5.41) is 3.00. The van der Waals surface area contributed by atoms with Gasteiger partial charge >= 0.3 is 0 Å². The minimum atomic E-state index is -0.0526. The van der Waals surface area contributed by atoms with Crippen LogP contribution in [0.3, 0.4) is 0 Å². The number of nitrogens with one attached hydrogen (secondary N) is 1. The largest absolute Gasteiger partial charge is 0.348 e. The molecule has 0 saturated heterocycles. The summed E-state index contributed by atoms with van der Waals surface area (Å²) < 4.78 is 0. The molecule has 27 heavy (non-hydrogen) atoms. The number of hydrogen-bond donors (Lipinski definition) is 1. The smallest absolute Gasteiger partial charge is 0.251 e. The second kappa shape index (κ2) is 8.54. The summed E-state index contributed by atoms with van der Waals surface area (Å²) in [6.45, 7) is 7.67. The molecule has 1 N–H and O–H groups in total. The van der Waals surface area contributed by atoms with Crippen molar-refractivity contribution in [1.29, 1.82) is 0 Å². The van der Waals surface area contributed by atoms with Crippen LogP contribution in [-0.2, 0) is 6.54 Å². The molecule has 0 aliphatic carbocycles. The molecular weight excluding hydrogens is 332 g/mol. The molecule has 3 aromatic carbocycles. The summed E-state index contributed by atoms with van der Waals surface area (Å²) in [5.74, 6) is -0.0526. The third-order valence-corrected chi connectivity index (χ3v) is 4.80. The lowest BCUT2D eigenvalue weighted by atomic mass is 10.1. The van der Waals surface area contributed by atoms with E-state index in [-0.39, 0.29) is 5.91 Å². The average Bonchev–Trinajstić information content (AvgIpc) is 2.69. The lowest BCUT2D eigenvalue weighted by Crippen LogP contribution is -2.23. The van der Waals surface area contributed by atoms with Crippen molar-refractivity contribution in [2.75, 3.05) is 11.4 Å². The van der Waals surface area contributed by atoms with Gasteiger partial charge in [0, 0.05) is 30.0 Å². The van der Waals surface area contributed by atoms with Crippen molar-refractivity contribution in [2.24, 2.45) is 0 Å². The van der Waals surface area contributed by atoms with E-state index < -0.39 is 0 Å². The Balaban J connectivity index is 1.69. The predicted molar refractivity (Wildman–Crippen MR) is 113 cm³/mol. The zero-order valence-corrected chi connectivity index (χ0v) is 16.2. The van der Waals surface area contributed by atoms with Crippen LogP contribution < -0.4 is 10.2 Å². The highest BCUT2D eigenvalue weighted by Gasteiger charge is 2.10. The van der Waals surface area contributed by atoms with Crippen LogP contribution in [0, 0.1) is 13.8 Å². The zero-order valence-electron chi connectivity index (χ0n) is 16.2. The quantitative estimate of drug-likeness (QED) is 0.640. The third kappa shape index (κ3) is 4.56. The van der Waals surface area contributed by atoms with Gasteiger partial charge in [-0.1, -0.05) is 42.0 Å². The molecule has 0 atom stereocenters. The van der Waals surface area contributed by atoms with E-state index in [9.17, 15) is 4.79 Å². The maximum Gasteiger partial charge on any atom is 0.251 e. The highest BCUT2D eigenvalue weighted by atomic mass is 16.1. The van der Waals surface area contributed by atoms with Gasteiger partial charge in [-0.15, -0.1) is 0 Å². The molecule has 0 spiro atoms. The van der Waals surface area contributed by atoms with Crippen LogP contribution in [0.15, 0.2) is 72.8 Å². The van der Waals surface area contributed by atoms with Crippen molar-refractivity contribution in [1.82, 2.24) is 5.32 Å². The molecule has 0 unspecified atom stereocenters. The van der Waals surface area contributed by atoms with E-state index in [1.165, 1.54) is 11.1 Å². The Morgan fingerprint density at radius 2 is 1.44 bits per heavy atom. The van der Waals surface area contributed by atoms with Crippen molar-refractivity contribution in [3.8, 4) is 0 Å². The fourth-order valence-electron chi connectivity index (χ4n) is 3.12. The third-order valence-electron chi connectivity index (χ3n) is 4.80. The molecule has 0 saturated carbocycles. The number of anilines is 2. The van der Waals surface area contributed by atoms with Crippen LogP contribution >= 0.6 is 0 Å². The lowest BCUT2D eigenvalue weighted by Gasteiger charge is -2.23. The van der Waals surface area contributed by atoms with Gasteiger partial charge in [0.15, 0.2) is 0 Å². The predicted octanol–water partition coefficient (Wildman–Crippen LogP) is 5.39. The normalized spacial score (nSPS) is 10.5. The molecule has 0 aromatic heterocycles. The van der Waals surface area contributed by atoms with E-state index in [0.717, 1.165) is 23.5 Å². The first-order valence-corrected chi connectivity index (χ1v) is 9.35. The van der Waals surface area contributed by atoms with E-state index in [1.807, 2.05) is 42.5 Å². The number of amides is 1. The Hall–Kier alpha value is -3.07. The van der Waals surface area contributed by atoms with E-state index in [0.29, 0.717) is 12.1 Å². The first-order valence-electron chi connectivity index (χ1n) is 9.35. The van der Waals surface area contributed by atoms with Gasteiger partial charge in [-0.3, -0.25) is 4.79 Å². The molecule has 0 bridgehead atoms. The van der Waals surface area contributed by atoms with E-state index in [4.69, 9.17) is 0 Å². The second-order valence-corrected chi connectivity index (χ2v) is 6.74. The number of nitrogens with zero attached hydrogens (tertiary/aromatic N) is 1. The highest BCUT2D eigenvalue weighted by Crippen LogP contribution is 2.25. The van der Waals surface area contributed by atoms with Crippen molar-refractivity contribution in [2.45, 2.75) is 27.3 Å². The Morgan fingerprint density at radius 3 is 2.04 bits per heavy atom. The molecule has 3 aromatic rings. The number of rotatable bonds is 6. The van der Waals surface area contributed by atoms with E-state index in [2.05, 4.69) is 61.3 Å². The molecular formula is C24H26N2O. The van der Waals surface area contributed by atoms with Crippen molar-refractivity contribution >= 4 is 17.3 Å². The van der Waals surface area contributed by atoms with Gasteiger partial charge in [-0.25, -0.2) is 0 Å². The van der Waals surface area contributed by atoms with Crippen molar-refractivity contribution in [3.63, 3.8) is 0 Å². The van der Waals surface area contributed by atoms with Crippen LogP contribution in [0.25, 0.3) is 0 Å². The molecule has 0 fully saturated rings. The molecule has 0 heterocycles.